The average Bonchev–Trinajstić information content (AvgIpc) is 3.57. The van der Waals surface area contributed by atoms with Gasteiger partial charge in [0.15, 0.2) is 0 Å². The Labute approximate surface area is 269 Å². The molecule has 1 atom stereocenters. The maximum absolute atomic E-state index is 13.8. The molecule has 1 aromatic heterocycles. The Hall–Kier alpha value is -2.57. The minimum absolute atomic E-state index is 0.0597. The lowest BCUT2D eigenvalue weighted by Gasteiger charge is -2.42. The van der Waals surface area contributed by atoms with Crippen molar-refractivity contribution in [3.63, 3.8) is 0 Å². The Kier molecular flexibility index (Phi) is 11.5. The summed E-state index contributed by atoms with van der Waals surface area (Å²) in [6, 6.07) is 7.31. The van der Waals surface area contributed by atoms with E-state index < -0.39 is 15.6 Å². The topological polar surface area (TPSA) is 102 Å². The number of hydrogen-bond donors (Lipinski definition) is 0. The number of piperidine rings is 2. The number of likely N-dealkylation sites (tertiary alicyclic amines) is 2. The van der Waals surface area contributed by atoms with E-state index in [1.807, 2.05) is 31.0 Å². The fourth-order valence-corrected chi connectivity index (χ4v) is 9.28. The maximum atomic E-state index is 13.8. The molecule has 0 saturated carbocycles. The van der Waals surface area contributed by atoms with Crippen molar-refractivity contribution < 1.29 is 27.4 Å². The van der Waals surface area contributed by atoms with E-state index in [2.05, 4.69) is 16.0 Å². The first-order chi connectivity index (χ1) is 21.7. The van der Waals surface area contributed by atoms with E-state index in [1.165, 1.54) is 12.8 Å². The van der Waals surface area contributed by atoms with E-state index in [4.69, 9.17) is 14.2 Å². The van der Waals surface area contributed by atoms with E-state index >= 15 is 0 Å². The summed E-state index contributed by atoms with van der Waals surface area (Å²) in [5.41, 5.74) is 1.99. The molecule has 0 bridgehead atoms. The lowest BCUT2D eigenvalue weighted by atomic mass is 9.84. The molecule has 5 rings (SSSR count). The minimum Gasteiger partial charge on any atom is -0.497 e. The molecular formula is C34H50N4O6S. The smallest absolute Gasteiger partial charge is 0.243 e. The fraction of sp³-hybridized carbons (Fsp3) is 0.647. The molecule has 45 heavy (non-hydrogen) atoms. The number of pyridine rings is 1. The van der Waals surface area contributed by atoms with Gasteiger partial charge in [-0.05, 0) is 94.8 Å². The lowest BCUT2D eigenvalue weighted by molar-refractivity contribution is -0.141. The Balaban J connectivity index is 1.12. The summed E-state index contributed by atoms with van der Waals surface area (Å²) in [6.07, 6.45) is 10.4. The number of carbonyl (C=O) groups is 1. The Morgan fingerprint density at radius 2 is 1.71 bits per heavy atom. The molecule has 248 valence electrons. The van der Waals surface area contributed by atoms with Crippen molar-refractivity contribution >= 4 is 15.9 Å². The molecule has 3 fully saturated rings. The second-order valence-electron chi connectivity index (χ2n) is 12.7. The third-order valence-electron chi connectivity index (χ3n) is 9.68. The summed E-state index contributed by atoms with van der Waals surface area (Å²) < 4.78 is 47.2. The normalized spacial score (nSPS) is 21.2. The van der Waals surface area contributed by atoms with Gasteiger partial charge in [0.2, 0.25) is 15.9 Å². The van der Waals surface area contributed by atoms with Gasteiger partial charge >= 0.3 is 0 Å². The second kappa shape index (κ2) is 15.3. The third-order valence-corrected chi connectivity index (χ3v) is 11.9. The van der Waals surface area contributed by atoms with Crippen LogP contribution in [0.5, 0.6) is 5.75 Å². The molecule has 11 heteroatoms. The Morgan fingerprint density at radius 1 is 1.00 bits per heavy atom. The second-order valence-corrected chi connectivity index (χ2v) is 14.5. The van der Waals surface area contributed by atoms with Crippen molar-refractivity contribution in [3.8, 4) is 5.75 Å². The first-order valence-electron chi connectivity index (χ1n) is 16.5. The van der Waals surface area contributed by atoms with Gasteiger partial charge in [-0.3, -0.25) is 9.78 Å². The largest absolute Gasteiger partial charge is 0.497 e. The molecule has 0 radical (unpaired) electrons. The SMILES string of the molecule is COc1cc(C)c(S(=O)(=O)N2CCCCC2COCCC(=O)N2CCC(OCCN3CCCC3)(c3cccnc3)CC2)c(C)c1. The quantitative estimate of drug-likeness (QED) is 0.299. The van der Waals surface area contributed by atoms with Crippen molar-refractivity contribution in [1.82, 2.24) is 19.1 Å². The van der Waals surface area contributed by atoms with Gasteiger partial charge in [-0.15, -0.1) is 0 Å². The molecule has 1 amide bonds. The van der Waals surface area contributed by atoms with Crippen molar-refractivity contribution in [2.45, 2.75) is 81.8 Å². The predicted octanol–water partition coefficient (Wildman–Crippen LogP) is 4.29. The van der Waals surface area contributed by atoms with Gasteiger partial charge in [-0.1, -0.05) is 12.5 Å². The van der Waals surface area contributed by atoms with Gasteiger partial charge in [-0.25, -0.2) is 8.42 Å². The molecule has 0 N–H and O–H groups in total. The van der Waals surface area contributed by atoms with Crippen LogP contribution < -0.4 is 4.74 Å². The molecule has 0 spiro atoms. The van der Waals surface area contributed by atoms with Crippen LogP contribution in [-0.2, 0) is 29.9 Å². The van der Waals surface area contributed by atoms with Crippen LogP contribution in [0.15, 0.2) is 41.6 Å². The van der Waals surface area contributed by atoms with Crippen LogP contribution in [0.2, 0.25) is 0 Å². The van der Waals surface area contributed by atoms with E-state index in [1.54, 1.807) is 29.7 Å². The van der Waals surface area contributed by atoms with Gasteiger partial charge in [0.05, 0.1) is 43.8 Å². The highest BCUT2D eigenvalue weighted by Crippen LogP contribution is 2.37. The fourth-order valence-electron chi connectivity index (χ4n) is 7.19. The average molecular weight is 643 g/mol. The summed E-state index contributed by atoms with van der Waals surface area (Å²) in [7, 11) is -2.13. The first-order valence-corrected chi connectivity index (χ1v) is 18.0. The summed E-state index contributed by atoms with van der Waals surface area (Å²) in [5.74, 6) is 0.707. The monoisotopic (exact) mass is 642 g/mol. The molecule has 1 aromatic carbocycles. The summed E-state index contributed by atoms with van der Waals surface area (Å²) in [5, 5.41) is 0. The van der Waals surface area contributed by atoms with E-state index in [0.29, 0.717) is 48.0 Å². The first kappa shape index (κ1) is 33.8. The number of methoxy groups -OCH3 is 1. The molecule has 3 saturated heterocycles. The van der Waals surface area contributed by atoms with Crippen LogP contribution in [0.4, 0.5) is 0 Å². The minimum atomic E-state index is -3.71. The van der Waals surface area contributed by atoms with Crippen LogP contribution in [0.3, 0.4) is 0 Å². The molecule has 1 unspecified atom stereocenters. The van der Waals surface area contributed by atoms with Crippen molar-refractivity contribution in [3.05, 3.63) is 53.3 Å². The maximum Gasteiger partial charge on any atom is 0.243 e. The van der Waals surface area contributed by atoms with E-state index in [-0.39, 0.29) is 31.6 Å². The molecular weight excluding hydrogens is 592 g/mol. The number of hydrogen-bond acceptors (Lipinski definition) is 8. The van der Waals surface area contributed by atoms with Crippen LogP contribution in [0.25, 0.3) is 0 Å². The van der Waals surface area contributed by atoms with Crippen LogP contribution >= 0.6 is 0 Å². The van der Waals surface area contributed by atoms with Crippen LogP contribution in [0, 0.1) is 13.8 Å². The van der Waals surface area contributed by atoms with E-state index in [0.717, 1.165) is 57.3 Å². The third kappa shape index (κ3) is 8.05. The van der Waals surface area contributed by atoms with Gasteiger partial charge in [-0.2, -0.15) is 4.31 Å². The van der Waals surface area contributed by atoms with Crippen molar-refractivity contribution in [1.29, 1.82) is 0 Å². The molecule has 3 aliphatic rings. The summed E-state index contributed by atoms with van der Waals surface area (Å²) >= 11 is 0. The predicted molar refractivity (Wildman–Crippen MR) is 173 cm³/mol. The number of rotatable bonds is 13. The summed E-state index contributed by atoms with van der Waals surface area (Å²) in [6.45, 7) is 9.75. The summed E-state index contributed by atoms with van der Waals surface area (Å²) in [4.78, 5) is 22.3. The van der Waals surface area contributed by atoms with E-state index in [9.17, 15) is 13.2 Å². The zero-order valence-corrected chi connectivity index (χ0v) is 28.0. The number of aryl methyl sites for hydroxylation is 2. The number of carbonyl (C=O) groups excluding carboxylic acids is 1. The van der Waals surface area contributed by atoms with Gasteiger partial charge in [0.1, 0.15) is 5.75 Å². The Bertz CT molecular complexity index is 1350. The molecule has 2 aromatic rings. The number of sulfonamides is 1. The van der Waals surface area contributed by atoms with Crippen molar-refractivity contribution in [2.24, 2.45) is 0 Å². The molecule has 4 heterocycles. The Morgan fingerprint density at radius 3 is 2.38 bits per heavy atom. The highest BCUT2D eigenvalue weighted by atomic mass is 32.2. The number of amides is 1. The number of aromatic nitrogens is 1. The van der Waals surface area contributed by atoms with Crippen LogP contribution in [0.1, 0.15) is 68.1 Å². The van der Waals surface area contributed by atoms with Gasteiger partial charge < -0.3 is 24.0 Å². The molecule has 10 nitrogen and oxygen atoms in total. The number of benzene rings is 1. The number of ether oxygens (including phenoxy) is 3. The highest BCUT2D eigenvalue weighted by Gasteiger charge is 2.39. The zero-order valence-electron chi connectivity index (χ0n) is 27.2. The lowest BCUT2D eigenvalue weighted by Crippen LogP contribution is -2.47. The molecule has 3 aliphatic heterocycles. The van der Waals surface area contributed by atoms with Gasteiger partial charge in [0, 0.05) is 50.2 Å². The molecule has 0 aliphatic carbocycles. The van der Waals surface area contributed by atoms with Crippen molar-refractivity contribution in [2.75, 3.05) is 66.2 Å². The standard InChI is InChI=1S/C34H50N4O6S/c1-27-23-31(42-3)24-28(2)33(27)45(40,41)38-17-5-4-10-30(38)26-43-21-11-32(39)37-18-12-34(13-19-37,29-9-8-14-35-25-29)44-22-20-36-15-6-7-16-36/h8-9,14,23-25,30H,4-7,10-13,15-22,26H2,1-3H3. The number of nitrogens with zero attached hydrogens (tertiary/aromatic N) is 4. The highest BCUT2D eigenvalue weighted by molar-refractivity contribution is 7.89. The van der Waals surface area contributed by atoms with Gasteiger partial charge in [0.25, 0.3) is 0 Å². The zero-order chi connectivity index (χ0) is 31.9. The van der Waals surface area contributed by atoms with Crippen LogP contribution in [-0.4, -0.2) is 106 Å².